The summed E-state index contributed by atoms with van der Waals surface area (Å²) in [6.45, 7) is 0. The van der Waals surface area contributed by atoms with E-state index in [1.165, 1.54) is 19.1 Å². The number of para-hydroxylation sites is 2. The van der Waals surface area contributed by atoms with Gasteiger partial charge in [0, 0.05) is 13.2 Å². The minimum absolute atomic E-state index is 0.0355. The molecular formula is C19H22F3N3O2. The van der Waals surface area contributed by atoms with E-state index in [9.17, 15) is 13.2 Å². The van der Waals surface area contributed by atoms with Crippen molar-refractivity contribution in [2.45, 2.75) is 44.4 Å². The number of methoxy groups -OCH3 is 1. The summed E-state index contributed by atoms with van der Waals surface area (Å²) in [5.41, 5.74) is -0.459. The van der Waals surface area contributed by atoms with Gasteiger partial charge in [0.2, 0.25) is 0 Å². The molecule has 1 heterocycles. The number of benzene rings is 1. The zero-order chi connectivity index (χ0) is 19.4. The van der Waals surface area contributed by atoms with E-state index in [-0.39, 0.29) is 17.9 Å². The Morgan fingerprint density at radius 3 is 2.48 bits per heavy atom. The van der Waals surface area contributed by atoms with Gasteiger partial charge in [0.1, 0.15) is 17.4 Å². The average Bonchev–Trinajstić information content (AvgIpc) is 2.67. The SMILES string of the molecule is COc1ccccc1N(C)c1nc(OC2CCCCC2)ncc1C(F)(F)F. The number of hydrogen-bond donors (Lipinski definition) is 0. The summed E-state index contributed by atoms with van der Waals surface area (Å²) in [5.74, 6) is 0.175. The van der Waals surface area contributed by atoms with Crippen LogP contribution in [0.25, 0.3) is 0 Å². The van der Waals surface area contributed by atoms with Crippen LogP contribution >= 0.6 is 0 Å². The molecule has 146 valence electrons. The van der Waals surface area contributed by atoms with E-state index in [4.69, 9.17) is 9.47 Å². The van der Waals surface area contributed by atoms with Crippen molar-refractivity contribution >= 4 is 11.5 Å². The van der Waals surface area contributed by atoms with Crippen LogP contribution in [0.15, 0.2) is 30.5 Å². The monoisotopic (exact) mass is 381 g/mol. The highest BCUT2D eigenvalue weighted by Crippen LogP contribution is 2.40. The van der Waals surface area contributed by atoms with Gasteiger partial charge in [-0.05, 0) is 37.8 Å². The summed E-state index contributed by atoms with van der Waals surface area (Å²) in [6.07, 6.45) is 1.10. The molecule has 3 rings (SSSR count). The maximum atomic E-state index is 13.5. The molecule has 0 N–H and O–H groups in total. The fourth-order valence-electron chi connectivity index (χ4n) is 3.22. The normalized spacial score (nSPS) is 15.4. The molecule has 2 aromatic rings. The molecule has 0 amide bonds. The van der Waals surface area contributed by atoms with Crippen LogP contribution in [0, 0.1) is 0 Å². The lowest BCUT2D eigenvalue weighted by Crippen LogP contribution is -2.23. The van der Waals surface area contributed by atoms with Crippen molar-refractivity contribution in [1.29, 1.82) is 0 Å². The van der Waals surface area contributed by atoms with Crippen LogP contribution in [-0.2, 0) is 6.18 Å². The van der Waals surface area contributed by atoms with Crippen LogP contribution in [0.1, 0.15) is 37.7 Å². The number of anilines is 2. The third-order valence-electron chi connectivity index (χ3n) is 4.64. The Balaban J connectivity index is 1.98. The first-order valence-electron chi connectivity index (χ1n) is 8.88. The zero-order valence-corrected chi connectivity index (χ0v) is 15.3. The van der Waals surface area contributed by atoms with Crippen molar-refractivity contribution in [2.24, 2.45) is 0 Å². The summed E-state index contributed by atoms with van der Waals surface area (Å²) in [4.78, 5) is 9.25. The molecule has 8 heteroatoms. The van der Waals surface area contributed by atoms with E-state index in [0.717, 1.165) is 38.3 Å². The number of ether oxygens (including phenoxy) is 2. The minimum Gasteiger partial charge on any atom is -0.495 e. The molecule has 1 fully saturated rings. The Labute approximate surface area is 156 Å². The molecule has 0 bridgehead atoms. The molecule has 1 aliphatic carbocycles. The van der Waals surface area contributed by atoms with Gasteiger partial charge in [0.05, 0.1) is 12.8 Å². The van der Waals surface area contributed by atoms with Crippen molar-refractivity contribution < 1.29 is 22.6 Å². The summed E-state index contributed by atoms with van der Waals surface area (Å²) >= 11 is 0. The Hall–Kier alpha value is -2.51. The highest BCUT2D eigenvalue weighted by atomic mass is 19.4. The first-order valence-corrected chi connectivity index (χ1v) is 8.88. The fraction of sp³-hybridized carbons (Fsp3) is 0.474. The molecule has 0 saturated heterocycles. The maximum Gasteiger partial charge on any atom is 0.421 e. The topological polar surface area (TPSA) is 47.5 Å². The van der Waals surface area contributed by atoms with E-state index in [1.54, 1.807) is 24.3 Å². The van der Waals surface area contributed by atoms with Gasteiger partial charge in [-0.1, -0.05) is 18.6 Å². The van der Waals surface area contributed by atoms with Gasteiger partial charge in [-0.25, -0.2) is 4.98 Å². The molecule has 1 saturated carbocycles. The number of halogens is 3. The van der Waals surface area contributed by atoms with E-state index in [0.29, 0.717) is 11.4 Å². The summed E-state index contributed by atoms with van der Waals surface area (Å²) < 4.78 is 51.6. The average molecular weight is 381 g/mol. The first kappa shape index (κ1) is 19.3. The summed E-state index contributed by atoms with van der Waals surface area (Å²) in [6, 6.07) is 6.79. The lowest BCUT2D eigenvalue weighted by Gasteiger charge is -2.25. The lowest BCUT2D eigenvalue weighted by atomic mass is 9.98. The number of alkyl halides is 3. The molecular weight excluding hydrogens is 359 g/mol. The molecule has 1 aromatic heterocycles. The predicted octanol–water partition coefficient (Wildman–Crippen LogP) is 4.98. The second-order valence-electron chi connectivity index (χ2n) is 6.50. The van der Waals surface area contributed by atoms with Crippen LogP contribution < -0.4 is 14.4 Å². The number of rotatable bonds is 5. The Morgan fingerprint density at radius 2 is 1.81 bits per heavy atom. The van der Waals surface area contributed by atoms with Crippen molar-refractivity contribution in [1.82, 2.24) is 9.97 Å². The van der Waals surface area contributed by atoms with Gasteiger partial charge >= 0.3 is 12.2 Å². The molecule has 0 atom stereocenters. The van der Waals surface area contributed by atoms with Gasteiger partial charge in [-0.15, -0.1) is 0 Å². The van der Waals surface area contributed by atoms with E-state index >= 15 is 0 Å². The van der Waals surface area contributed by atoms with Crippen LogP contribution in [-0.4, -0.2) is 30.2 Å². The van der Waals surface area contributed by atoms with Gasteiger partial charge in [0.25, 0.3) is 0 Å². The maximum absolute atomic E-state index is 13.5. The molecule has 1 aliphatic rings. The lowest BCUT2D eigenvalue weighted by molar-refractivity contribution is -0.137. The smallest absolute Gasteiger partial charge is 0.421 e. The van der Waals surface area contributed by atoms with Gasteiger partial charge < -0.3 is 14.4 Å². The second-order valence-corrected chi connectivity index (χ2v) is 6.50. The summed E-state index contributed by atoms with van der Waals surface area (Å²) in [5, 5.41) is 0. The van der Waals surface area contributed by atoms with E-state index < -0.39 is 11.7 Å². The third-order valence-corrected chi connectivity index (χ3v) is 4.64. The summed E-state index contributed by atoms with van der Waals surface area (Å²) in [7, 11) is 2.98. The quantitative estimate of drug-likeness (QED) is 0.731. The molecule has 1 aromatic carbocycles. The number of nitrogens with zero attached hydrogens (tertiary/aromatic N) is 3. The molecule has 0 spiro atoms. The Kier molecular flexibility index (Phi) is 5.72. The Morgan fingerprint density at radius 1 is 1.11 bits per heavy atom. The van der Waals surface area contributed by atoms with Gasteiger partial charge in [-0.3, -0.25) is 0 Å². The highest BCUT2D eigenvalue weighted by Gasteiger charge is 2.37. The fourth-order valence-corrected chi connectivity index (χ4v) is 3.22. The predicted molar refractivity (Wildman–Crippen MR) is 95.6 cm³/mol. The van der Waals surface area contributed by atoms with Gasteiger partial charge in [0.15, 0.2) is 5.82 Å². The van der Waals surface area contributed by atoms with Crippen LogP contribution in [0.5, 0.6) is 11.8 Å². The van der Waals surface area contributed by atoms with Crippen LogP contribution in [0.3, 0.4) is 0 Å². The molecule has 0 aliphatic heterocycles. The van der Waals surface area contributed by atoms with E-state index in [2.05, 4.69) is 9.97 Å². The number of aromatic nitrogens is 2. The van der Waals surface area contributed by atoms with Crippen molar-refractivity contribution in [3.8, 4) is 11.8 Å². The number of hydrogen-bond acceptors (Lipinski definition) is 5. The van der Waals surface area contributed by atoms with Crippen molar-refractivity contribution in [3.63, 3.8) is 0 Å². The molecule has 0 unspecified atom stereocenters. The van der Waals surface area contributed by atoms with Crippen molar-refractivity contribution in [2.75, 3.05) is 19.1 Å². The standard InChI is InChI=1S/C19H22F3N3O2/c1-25(15-10-6-7-11-16(15)26-2)17-14(19(20,21)22)12-23-18(24-17)27-13-8-4-3-5-9-13/h6-7,10-13H,3-5,8-9H2,1-2H3. The molecule has 5 nitrogen and oxygen atoms in total. The Bertz CT molecular complexity index is 777. The second kappa shape index (κ2) is 8.02. The minimum atomic E-state index is -4.59. The van der Waals surface area contributed by atoms with Crippen molar-refractivity contribution in [3.05, 3.63) is 36.0 Å². The third kappa shape index (κ3) is 4.43. The van der Waals surface area contributed by atoms with Crippen LogP contribution in [0.2, 0.25) is 0 Å². The van der Waals surface area contributed by atoms with Crippen LogP contribution in [0.4, 0.5) is 24.7 Å². The first-order chi connectivity index (χ1) is 12.9. The zero-order valence-electron chi connectivity index (χ0n) is 15.3. The molecule has 27 heavy (non-hydrogen) atoms. The highest BCUT2D eigenvalue weighted by molar-refractivity contribution is 5.68. The van der Waals surface area contributed by atoms with Gasteiger partial charge in [-0.2, -0.15) is 18.2 Å². The molecule has 0 radical (unpaired) electrons. The van der Waals surface area contributed by atoms with E-state index in [1.807, 2.05) is 0 Å². The largest absolute Gasteiger partial charge is 0.495 e.